The Bertz CT molecular complexity index is 584. The molecule has 0 aromatic heterocycles. The van der Waals surface area contributed by atoms with Gasteiger partial charge in [0.05, 0.1) is 24.6 Å². The molecule has 0 N–H and O–H groups in total. The van der Waals surface area contributed by atoms with Crippen molar-refractivity contribution in [1.82, 2.24) is 9.80 Å². The minimum absolute atomic E-state index is 0.0533. The Morgan fingerprint density at radius 2 is 1.92 bits per heavy atom. The second-order valence-corrected chi connectivity index (χ2v) is 6.40. The predicted molar refractivity (Wildman–Crippen MR) is 88.8 cm³/mol. The smallest absolute Gasteiger partial charge is 0.269 e. The molecule has 1 aromatic rings. The van der Waals surface area contributed by atoms with E-state index in [2.05, 4.69) is 4.90 Å². The number of amides is 1. The highest BCUT2D eigenvalue weighted by molar-refractivity contribution is 5.79. The highest BCUT2D eigenvalue weighted by atomic mass is 16.6. The van der Waals surface area contributed by atoms with Crippen LogP contribution in [0.1, 0.15) is 18.4 Å². The normalized spacial score (nSPS) is 21.8. The number of nitro groups is 1. The minimum atomic E-state index is -0.426. The van der Waals surface area contributed by atoms with Crippen molar-refractivity contribution in [2.45, 2.75) is 25.3 Å². The third-order valence-electron chi connectivity index (χ3n) is 4.77. The molecule has 24 heavy (non-hydrogen) atoms. The Kier molecular flexibility index (Phi) is 5.42. The number of nitrogens with zero attached hydrogens (tertiary/aromatic N) is 3. The lowest BCUT2D eigenvalue weighted by Crippen LogP contribution is -2.47. The van der Waals surface area contributed by atoms with Gasteiger partial charge in [0.25, 0.3) is 5.69 Å². The van der Waals surface area contributed by atoms with Crippen LogP contribution in [0.5, 0.6) is 0 Å². The van der Waals surface area contributed by atoms with Crippen molar-refractivity contribution in [3.63, 3.8) is 0 Å². The Hall–Kier alpha value is -1.99. The first kappa shape index (κ1) is 16.9. The van der Waals surface area contributed by atoms with Crippen molar-refractivity contribution in [1.29, 1.82) is 0 Å². The molecule has 1 aromatic carbocycles. The molecule has 0 aliphatic carbocycles. The largest absolute Gasteiger partial charge is 0.379 e. The SMILES string of the molecule is O=C(Cc1ccc([N+](=O)[O-])cc1)N1CCCC1CN1CCOCC1. The minimum Gasteiger partial charge on any atom is -0.379 e. The van der Waals surface area contributed by atoms with Crippen LogP contribution in [0.3, 0.4) is 0 Å². The summed E-state index contributed by atoms with van der Waals surface area (Å²) in [5.74, 6) is 0.111. The topological polar surface area (TPSA) is 75.9 Å². The van der Waals surface area contributed by atoms with E-state index in [9.17, 15) is 14.9 Å². The zero-order valence-electron chi connectivity index (χ0n) is 13.7. The van der Waals surface area contributed by atoms with E-state index >= 15 is 0 Å². The van der Waals surface area contributed by atoms with Crippen LogP contribution in [0.25, 0.3) is 0 Å². The molecule has 0 spiro atoms. The Morgan fingerprint density at radius 1 is 1.21 bits per heavy atom. The van der Waals surface area contributed by atoms with Crippen LogP contribution in [0.2, 0.25) is 0 Å². The average Bonchev–Trinajstić information content (AvgIpc) is 3.04. The molecule has 1 amide bonds. The molecule has 2 aliphatic rings. The first-order valence-corrected chi connectivity index (χ1v) is 8.46. The molecule has 130 valence electrons. The summed E-state index contributed by atoms with van der Waals surface area (Å²) in [6.45, 7) is 5.12. The first-order chi connectivity index (χ1) is 11.6. The van der Waals surface area contributed by atoms with E-state index in [1.165, 1.54) is 12.1 Å². The second-order valence-electron chi connectivity index (χ2n) is 6.40. The van der Waals surface area contributed by atoms with Crippen LogP contribution in [0, 0.1) is 10.1 Å². The summed E-state index contributed by atoms with van der Waals surface area (Å²) in [4.78, 5) is 27.3. The van der Waals surface area contributed by atoms with E-state index in [1.54, 1.807) is 12.1 Å². The number of morpholine rings is 1. The van der Waals surface area contributed by atoms with Gasteiger partial charge >= 0.3 is 0 Å². The zero-order chi connectivity index (χ0) is 16.9. The van der Waals surface area contributed by atoms with E-state index in [0.29, 0.717) is 6.42 Å². The zero-order valence-corrected chi connectivity index (χ0v) is 13.7. The molecule has 7 nitrogen and oxygen atoms in total. The Morgan fingerprint density at radius 3 is 2.58 bits per heavy atom. The number of carbonyl (C=O) groups is 1. The van der Waals surface area contributed by atoms with E-state index in [-0.39, 0.29) is 17.6 Å². The molecule has 1 atom stereocenters. The fourth-order valence-corrected chi connectivity index (χ4v) is 3.45. The van der Waals surface area contributed by atoms with Crippen molar-refractivity contribution in [2.75, 3.05) is 39.4 Å². The summed E-state index contributed by atoms with van der Waals surface area (Å²) in [5.41, 5.74) is 0.875. The predicted octanol–water partition coefficient (Wildman–Crippen LogP) is 1.46. The molecular weight excluding hydrogens is 310 g/mol. The van der Waals surface area contributed by atoms with Gasteiger partial charge in [0.1, 0.15) is 0 Å². The number of rotatable bonds is 5. The summed E-state index contributed by atoms with van der Waals surface area (Å²) in [6.07, 6.45) is 2.39. The molecule has 2 aliphatic heterocycles. The number of ether oxygens (including phenoxy) is 1. The van der Waals surface area contributed by atoms with Gasteiger partial charge in [-0.25, -0.2) is 0 Å². The summed E-state index contributed by atoms with van der Waals surface area (Å²) in [5, 5.41) is 10.7. The first-order valence-electron chi connectivity index (χ1n) is 8.46. The molecule has 0 bridgehead atoms. The van der Waals surface area contributed by atoms with Crippen LogP contribution in [0.4, 0.5) is 5.69 Å². The van der Waals surface area contributed by atoms with Gasteiger partial charge < -0.3 is 9.64 Å². The van der Waals surface area contributed by atoms with Gasteiger partial charge in [-0.15, -0.1) is 0 Å². The number of benzene rings is 1. The lowest BCUT2D eigenvalue weighted by Gasteiger charge is -2.33. The summed E-state index contributed by atoms with van der Waals surface area (Å²) >= 11 is 0. The standard InChI is InChI=1S/C17H23N3O4/c21-17(12-14-3-5-15(6-4-14)20(22)23)19-7-1-2-16(19)13-18-8-10-24-11-9-18/h3-6,16H,1-2,7-13H2. The summed E-state index contributed by atoms with van der Waals surface area (Å²) in [6, 6.07) is 6.52. The quantitative estimate of drug-likeness (QED) is 0.602. The highest BCUT2D eigenvalue weighted by Gasteiger charge is 2.30. The van der Waals surface area contributed by atoms with Crippen LogP contribution in [0.15, 0.2) is 24.3 Å². The van der Waals surface area contributed by atoms with Crippen molar-refractivity contribution in [3.8, 4) is 0 Å². The van der Waals surface area contributed by atoms with Gasteiger partial charge in [0, 0.05) is 44.4 Å². The maximum absolute atomic E-state index is 12.6. The number of nitro benzene ring substituents is 1. The van der Waals surface area contributed by atoms with E-state index in [4.69, 9.17) is 4.74 Å². The van der Waals surface area contributed by atoms with E-state index in [0.717, 1.165) is 57.8 Å². The molecule has 7 heteroatoms. The van der Waals surface area contributed by atoms with Gasteiger partial charge in [-0.2, -0.15) is 0 Å². The van der Waals surface area contributed by atoms with Crippen LogP contribution in [-0.4, -0.2) is 66.1 Å². The molecule has 0 saturated carbocycles. The molecule has 2 heterocycles. The summed E-state index contributed by atoms with van der Waals surface area (Å²) < 4.78 is 5.37. The third-order valence-corrected chi connectivity index (χ3v) is 4.77. The number of hydrogen-bond acceptors (Lipinski definition) is 5. The van der Waals surface area contributed by atoms with E-state index < -0.39 is 4.92 Å². The molecule has 2 saturated heterocycles. The molecule has 0 radical (unpaired) electrons. The fraction of sp³-hybridized carbons (Fsp3) is 0.588. The average molecular weight is 333 g/mol. The number of carbonyl (C=O) groups excluding carboxylic acids is 1. The van der Waals surface area contributed by atoms with Crippen molar-refractivity contribution < 1.29 is 14.5 Å². The van der Waals surface area contributed by atoms with Crippen molar-refractivity contribution in [3.05, 3.63) is 39.9 Å². The summed E-state index contributed by atoms with van der Waals surface area (Å²) in [7, 11) is 0. The van der Waals surface area contributed by atoms with Gasteiger partial charge in [0.15, 0.2) is 0 Å². The molecule has 2 fully saturated rings. The molecule has 3 rings (SSSR count). The van der Waals surface area contributed by atoms with Gasteiger partial charge in [-0.3, -0.25) is 19.8 Å². The Balaban J connectivity index is 1.57. The van der Waals surface area contributed by atoms with Crippen LogP contribution >= 0.6 is 0 Å². The maximum Gasteiger partial charge on any atom is 0.269 e. The second kappa shape index (κ2) is 7.72. The van der Waals surface area contributed by atoms with Crippen LogP contribution < -0.4 is 0 Å². The van der Waals surface area contributed by atoms with Crippen molar-refractivity contribution in [2.24, 2.45) is 0 Å². The molecule has 1 unspecified atom stereocenters. The monoisotopic (exact) mass is 333 g/mol. The maximum atomic E-state index is 12.6. The van der Waals surface area contributed by atoms with Gasteiger partial charge in [-0.05, 0) is 18.4 Å². The number of hydrogen-bond donors (Lipinski definition) is 0. The highest BCUT2D eigenvalue weighted by Crippen LogP contribution is 2.21. The van der Waals surface area contributed by atoms with Crippen LogP contribution in [-0.2, 0) is 16.0 Å². The number of likely N-dealkylation sites (tertiary alicyclic amines) is 1. The third kappa shape index (κ3) is 4.10. The number of non-ortho nitro benzene ring substituents is 1. The van der Waals surface area contributed by atoms with Crippen molar-refractivity contribution >= 4 is 11.6 Å². The van der Waals surface area contributed by atoms with Gasteiger partial charge in [0.2, 0.25) is 5.91 Å². The Labute approximate surface area is 141 Å². The molecular formula is C17H23N3O4. The fourth-order valence-electron chi connectivity index (χ4n) is 3.45. The van der Waals surface area contributed by atoms with Gasteiger partial charge in [-0.1, -0.05) is 12.1 Å². The lowest BCUT2D eigenvalue weighted by molar-refractivity contribution is -0.384. The lowest BCUT2D eigenvalue weighted by atomic mass is 10.1. The van der Waals surface area contributed by atoms with E-state index in [1.807, 2.05) is 4.90 Å².